The van der Waals surface area contributed by atoms with E-state index in [1.54, 1.807) is 6.26 Å². The Kier molecular flexibility index (Phi) is 2.69. The molecule has 0 saturated heterocycles. The Morgan fingerprint density at radius 1 is 1.47 bits per heavy atom. The number of rotatable bonds is 2. The van der Waals surface area contributed by atoms with E-state index in [-0.39, 0.29) is 17.8 Å². The molecule has 4 nitrogen and oxygen atoms in total. The molecule has 1 N–H and O–H groups in total. The van der Waals surface area contributed by atoms with Crippen LogP contribution in [0.2, 0.25) is 0 Å². The highest BCUT2D eigenvalue weighted by Crippen LogP contribution is 2.19. The summed E-state index contributed by atoms with van der Waals surface area (Å²) >= 11 is 0. The Morgan fingerprint density at radius 2 is 2.33 bits per heavy atom. The van der Waals surface area contributed by atoms with Gasteiger partial charge in [-0.2, -0.15) is 0 Å². The predicted molar refractivity (Wildman–Crippen MR) is 53.7 cm³/mol. The summed E-state index contributed by atoms with van der Waals surface area (Å²) in [5, 5.41) is 8.78. The second kappa shape index (κ2) is 4.14. The minimum atomic E-state index is -0.273. The van der Waals surface area contributed by atoms with Crippen LogP contribution in [0.1, 0.15) is 17.7 Å². The Bertz CT molecular complexity index is 468. The summed E-state index contributed by atoms with van der Waals surface area (Å²) in [6.45, 7) is -0.273. The van der Waals surface area contributed by atoms with E-state index in [1.165, 1.54) is 18.6 Å². The highest BCUT2D eigenvalue weighted by Gasteiger charge is 2.09. The monoisotopic (exact) mass is 206 g/mol. The van der Waals surface area contributed by atoms with Crippen LogP contribution in [-0.4, -0.2) is 5.11 Å². The number of hydrogen-bond donors (Lipinski definition) is 1. The third-order valence-corrected chi connectivity index (χ3v) is 2.11. The molecule has 0 saturated carbocycles. The SMILES string of the molecule is O=c1cc(CO)occ1C1=COC=CC1. The van der Waals surface area contributed by atoms with Crippen molar-refractivity contribution in [2.45, 2.75) is 13.0 Å². The number of aliphatic hydroxyl groups excluding tert-OH is 1. The van der Waals surface area contributed by atoms with Crippen molar-refractivity contribution in [1.29, 1.82) is 0 Å². The van der Waals surface area contributed by atoms with Gasteiger partial charge < -0.3 is 14.3 Å². The first-order chi connectivity index (χ1) is 7.31. The maximum Gasteiger partial charge on any atom is 0.192 e. The van der Waals surface area contributed by atoms with Crippen LogP contribution in [0.15, 0.2) is 40.1 Å². The second-order valence-electron chi connectivity index (χ2n) is 3.14. The average Bonchev–Trinajstić information content (AvgIpc) is 2.30. The van der Waals surface area contributed by atoms with Crippen LogP contribution in [-0.2, 0) is 11.3 Å². The summed E-state index contributed by atoms with van der Waals surface area (Å²) in [5.74, 6) is 0.261. The molecule has 1 aliphatic heterocycles. The van der Waals surface area contributed by atoms with Crippen LogP contribution in [0.25, 0.3) is 5.57 Å². The van der Waals surface area contributed by atoms with Gasteiger partial charge in [-0.3, -0.25) is 4.79 Å². The van der Waals surface area contributed by atoms with Crippen molar-refractivity contribution in [2.24, 2.45) is 0 Å². The molecule has 0 amide bonds. The molecule has 0 radical (unpaired) electrons. The fourth-order valence-electron chi connectivity index (χ4n) is 1.34. The predicted octanol–water partition coefficient (Wildman–Crippen LogP) is 1.41. The lowest BCUT2D eigenvalue weighted by atomic mass is 10.1. The van der Waals surface area contributed by atoms with Gasteiger partial charge in [0.2, 0.25) is 0 Å². The normalized spacial score (nSPS) is 14.6. The minimum Gasteiger partial charge on any atom is -0.473 e. The molecule has 0 unspecified atom stereocenters. The highest BCUT2D eigenvalue weighted by atomic mass is 16.5. The lowest BCUT2D eigenvalue weighted by molar-refractivity contribution is 0.243. The third-order valence-electron chi connectivity index (χ3n) is 2.11. The van der Waals surface area contributed by atoms with Gasteiger partial charge in [0.05, 0.1) is 18.1 Å². The molecule has 2 rings (SSSR count). The van der Waals surface area contributed by atoms with Crippen LogP contribution in [0.3, 0.4) is 0 Å². The van der Waals surface area contributed by atoms with Crippen molar-refractivity contribution in [3.05, 3.63) is 52.5 Å². The maximum absolute atomic E-state index is 11.6. The van der Waals surface area contributed by atoms with Crippen molar-refractivity contribution in [2.75, 3.05) is 0 Å². The summed E-state index contributed by atoms with van der Waals surface area (Å²) in [7, 11) is 0. The number of allylic oxidation sites excluding steroid dienone is 2. The summed E-state index contributed by atoms with van der Waals surface area (Å²) in [6.07, 6.45) is 6.89. The smallest absolute Gasteiger partial charge is 0.192 e. The Morgan fingerprint density at radius 3 is 2.93 bits per heavy atom. The van der Waals surface area contributed by atoms with Gasteiger partial charge in [-0.1, -0.05) is 0 Å². The van der Waals surface area contributed by atoms with E-state index < -0.39 is 0 Å². The topological polar surface area (TPSA) is 59.7 Å². The Balaban J connectivity index is 2.37. The van der Waals surface area contributed by atoms with Crippen molar-refractivity contribution in [3.63, 3.8) is 0 Å². The van der Waals surface area contributed by atoms with Gasteiger partial charge in [-0.25, -0.2) is 0 Å². The molecule has 78 valence electrons. The fourth-order valence-corrected chi connectivity index (χ4v) is 1.34. The zero-order valence-electron chi connectivity index (χ0n) is 7.97. The van der Waals surface area contributed by atoms with Crippen molar-refractivity contribution >= 4 is 5.57 Å². The van der Waals surface area contributed by atoms with Gasteiger partial charge in [0, 0.05) is 11.6 Å². The van der Waals surface area contributed by atoms with Crippen LogP contribution < -0.4 is 5.43 Å². The van der Waals surface area contributed by atoms with E-state index in [2.05, 4.69) is 0 Å². The quantitative estimate of drug-likeness (QED) is 0.794. The van der Waals surface area contributed by atoms with E-state index >= 15 is 0 Å². The van der Waals surface area contributed by atoms with Gasteiger partial charge in [0.25, 0.3) is 0 Å². The maximum atomic E-state index is 11.6. The Hall–Kier alpha value is -1.81. The molecule has 0 atom stereocenters. The lowest BCUT2D eigenvalue weighted by Crippen LogP contribution is -2.08. The average molecular weight is 206 g/mol. The standard InChI is InChI=1S/C11H10O4/c12-5-9-4-11(13)10(7-15-9)8-2-1-3-14-6-8/h1,3-4,6-7,12H,2,5H2. The second-order valence-corrected chi connectivity index (χ2v) is 3.14. The lowest BCUT2D eigenvalue weighted by Gasteiger charge is -2.07. The molecule has 1 aliphatic rings. The summed E-state index contributed by atoms with van der Waals surface area (Å²) in [6, 6.07) is 1.29. The molecule has 0 fully saturated rings. The number of aliphatic hydroxyl groups is 1. The first-order valence-corrected chi connectivity index (χ1v) is 4.53. The first-order valence-electron chi connectivity index (χ1n) is 4.53. The molecular formula is C11H10O4. The number of hydrogen-bond acceptors (Lipinski definition) is 4. The van der Waals surface area contributed by atoms with Crippen molar-refractivity contribution in [1.82, 2.24) is 0 Å². The zero-order valence-corrected chi connectivity index (χ0v) is 7.97. The van der Waals surface area contributed by atoms with Crippen LogP contribution in [0, 0.1) is 0 Å². The Labute approximate surface area is 86.1 Å². The highest BCUT2D eigenvalue weighted by molar-refractivity contribution is 5.65. The largest absolute Gasteiger partial charge is 0.473 e. The number of ether oxygens (including phenoxy) is 1. The van der Waals surface area contributed by atoms with Crippen molar-refractivity contribution < 1.29 is 14.3 Å². The molecule has 4 heteroatoms. The first kappa shape index (κ1) is 9.73. The van der Waals surface area contributed by atoms with Gasteiger partial charge >= 0.3 is 0 Å². The molecule has 0 aliphatic carbocycles. The van der Waals surface area contributed by atoms with E-state index in [9.17, 15) is 4.79 Å². The van der Waals surface area contributed by atoms with Gasteiger partial charge in [-0.05, 0) is 12.5 Å². The molecule has 0 spiro atoms. The summed E-state index contributed by atoms with van der Waals surface area (Å²) < 4.78 is 10.0. The molecule has 1 aromatic heterocycles. The summed E-state index contributed by atoms with van der Waals surface area (Å²) in [5.41, 5.74) is 1.07. The molecular weight excluding hydrogens is 196 g/mol. The molecule has 0 aromatic carbocycles. The van der Waals surface area contributed by atoms with Gasteiger partial charge in [-0.15, -0.1) is 0 Å². The molecule has 2 heterocycles. The fraction of sp³-hybridized carbons (Fsp3) is 0.182. The van der Waals surface area contributed by atoms with Crippen molar-refractivity contribution in [3.8, 4) is 0 Å². The van der Waals surface area contributed by atoms with E-state index in [4.69, 9.17) is 14.3 Å². The van der Waals surface area contributed by atoms with E-state index in [0.29, 0.717) is 12.0 Å². The van der Waals surface area contributed by atoms with E-state index in [0.717, 1.165) is 5.57 Å². The van der Waals surface area contributed by atoms with Crippen LogP contribution in [0.4, 0.5) is 0 Å². The van der Waals surface area contributed by atoms with Crippen LogP contribution in [0.5, 0.6) is 0 Å². The molecule has 15 heavy (non-hydrogen) atoms. The molecule has 1 aromatic rings. The van der Waals surface area contributed by atoms with E-state index in [1.807, 2.05) is 6.08 Å². The summed E-state index contributed by atoms with van der Waals surface area (Å²) in [4.78, 5) is 11.6. The third kappa shape index (κ3) is 1.99. The van der Waals surface area contributed by atoms with Crippen LogP contribution >= 0.6 is 0 Å². The zero-order chi connectivity index (χ0) is 10.7. The van der Waals surface area contributed by atoms with Gasteiger partial charge in [0.1, 0.15) is 18.6 Å². The minimum absolute atomic E-state index is 0.171. The van der Waals surface area contributed by atoms with Gasteiger partial charge in [0.15, 0.2) is 5.43 Å². The molecule has 0 bridgehead atoms.